The molecule has 0 aliphatic rings. The summed E-state index contributed by atoms with van der Waals surface area (Å²) in [6, 6.07) is 9.82. The van der Waals surface area contributed by atoms with Crippen LogP contribution in [0.1, 0.15) is 33.6 Å². The Kier molecular flexibility index (Phi) is 9.70. The molecule has 2 aromatic carbocycles. The zero-order valence-corrected chi connectivity index (χ0v) is 22.0. The van der Waals surface area contributed by atoms with Crippen molar-refractivity contribution in [3.05, 3.63) is 57.5 Å². The summed E-state index contributed by atoms with van der Waals surface area (Å²) >= 11 is 18.4. The second-order valence-corrected chi connectivity index (χ2v) is 12.4. The van der Waals surface area contributed by atoms with Gasteiger partial charge in [-0.25, -0.2) is 21.1 Å². The molecule has 0 saturated heterocycles. The fourth-order valence-electron chi connectivity index (χ4n) is 3.40. The van der Waals surface area contributed by atoms with Gasteiger partial charge in [-0.05, 0) is 62.2 Å². The van der Waals surface area contributed by atoms with E-state index >= 15 is 0 Å². The van der Waals surface area contributed by atoms with Crippen molar-refractivity contribution in [3.63, 3.8) is 0 Å². The number of benzene rings is 2. The Balaban J connectivity index is 2.39. The average molecular weight is 542 g/mol. The predicted molar refractivity (Wildman–Crippen MR) is 133 cm³/mol. The van der Waals surface area contributed by atoms with E-state index in [2.05, 4.69) is 0 Å². The first-order valence-corrected chi connectivity index (χ1v) is 14.3. The number of sulfonamides is 2. The number of halogens is 3. The van der Waals surface area contributed by atoms with E-state index in [1.165, 1.54) is 45.0 Å². The Morgan fingerprint density at radius 1 is 0.875 bits per heavy atom. The summed E-state index contributed by atoms with van der Waals surface area (Å²) < 4.78 is 54.7. The van der Waals surface area contributed by atoms with E-state index in [4.69, 9.17) is 34.8 Å². The van der Waals surface area contributed by atoms with Crippen LogP contribution in [0.15, 0.2) is 47.4 Å². The smallest absolute Gasteiger partial charge is 0.262 e. The molecular weight excluding hydrogens is 515 g/mol. The normalized spacial score (nSPS) is 13.3. The van der Waals surface area contributed by atoms with Crippen molar-refractivity contribution >= 4 is 60.5 Å². The third-order valence-electron chi connectivity index (χ3n) is 5.04. The third-order valence-corrected chi connectivity index (χ3v) is 9.90. The van der Waals surface area contributed by atoms with Crippen LogP contribution >= 0.6 is 34.8 Å². The van der Waals surface area contributed by atoms with Gasteiger partial charge >= 0.3 is 0 Å². The summed E-state index contributed by atoms with van der Waals surface area (Å²) in [7, 11) is -7.44. The number of hydrogen-bond acceptors (Lipinski definition) is 4. The Morgan fingerprint density at radius 3 is 2.00 bits per heavy atom. The highest BCUT2D eigenvalue weighted by molar-refractivity contribution is 7.93. The van der Waals surface area contributed by atoms with Crippen LogP contribution in [0.4, 0.5) is 5.69 Å². The molecule has 6 nitrogen and oxygen atoms in total. The lowest BCUT2D eigenvalue weighted by atomic mass is 10.2. The molecule has 0 bridgehead atoms. The van der Waals surface area contributed by atoms with Gasteiger partial charge in [0.05, 0.1) is 21.4 Å². The first-order chi connectivity index (χ1) is 14.9. The van der Waals surface area contributed by atoms with Gasteiger partial charge in [-0.1, -0.05) is 48.7 Å². The lowest BCUT2D eigenvalue weighted by Gasteiger charge is -2.31. The number of nitrogens with zero attached hydrogens (tertiary/aromatic N) is 2. The molecule has 0 radical (unpaired) electrons. The van der Waals surface area contributed by atoms with E-state index in [1.807, 2.05) is 0 Å². The molecule has 178 valence electrons. The Labute approximate surface area is 206 Å². The van der Waals surface area contributed by atoms with Crippen LogP contribution in [0.5, 0.6) is 0 Å². The average Bonchev–Trinajstić information content (AvgIpc) is 2.71. The Hall–Kier alpha value is -1.03. The molecule has 0 N–H and O–H groups in total. The van der Waals surface area contributed by atoms with Gasteiger partial charge in [0, 0.05) is 29.2 Å². The van der Waals surface area contributed by atoms with Crippen molar-refractivity contribution in [1.29, 1.82) is 0 Å². The van der Waals surface area contributed by atoms with Crippen molar-refractivity contribution in [3.8, 4) is 0 Å². The zero-order valence-electron chi connectivity index (χ0n) is 18.1. The molecule has 0 fully saturated rings. The van der Waals surface area contributed by atoms with E-state index in [-0.39, 0.29) is 27.8 Å². The van der Waals surface area contributed by atoms with Gasteiger partial charge in [-0.3, -0.25) is 4.31 Å². The molecule has 0 aliphatic carbocycles. The van der Waals surface area contributed by atoms with Crippen molar-refractivity contribution in [1.82, 2.24) is 4.31 Å². The van der Waals surface area contributed by atoms with Gasteiger partial charge in [0.25, 0.3) is 10.0 Å². The zero-order chi connectivity index (χ0) is 24.1. The fourth-order valence-corrected chi connectivity index (χ4v) is 7.23. The fraction of sp³-hybridized carbons (Fsp3) is 0.429. The molecule has 0 unspecified atom stereocenters. The third kappa shape index (κ3) is 6.52. The van der Waals surface area contributed by atoms with E-state index in [0.29, 0.717) is 29.6 Å². The first kappa shape index (κ1) is 27.2. The molecular formula is C21H27Cl3N2O4S2. The molecule has 0 amide bonds. The maximum atomic E-state index is 13.6. The van der Waals surface area contributed by atoms with Crippen LogP contribution in [0.2, 0.25) is 15.1 Å². The van der Waals surface area contributed by atoms with Gasteiger partial charge in [0.15, 0.2) is 0 Å². The van der Waals surface area contributed by atoms with Crippen LogP contribution in [-0.4, -0.2) is 46.0 Å². The van der Waals surface area contributed by atoms with Crippen molar-refractivity contribution in [2.75, 3.05) is 23.1 Å². The lowest BCUT2D eigenvalue weighted by Crippen LogP contribution is -2.39. The molecule has 0 aromatic heterocycles. The Bertz CT molecular complexity index is 1120. The molecule has 32 heavy (non-hydrogen) atoms. The summed E-state index contributed by atoms with van der Waals surface area (Å²) in [5, 5.41) is 0.956. The number of anilines is 1. The summed E-state index contributed by atoms with van der Waals surface area (Å²) in [4.78, 5) is 0.0422. The monoisotopic (exact) mass is 540 g/mol. The minimum atomic E-state index is -4.03. The second kappa shape index (κ2) is 11.4. The van der Waals surface area contributed by atoms with Crippen LogP contribution in [0.25, 0.3) is 0 Å². The van der Waals surface area contributed by atoms with E-state index in [1.54, 1.807) is 26.8 Å². The molecule has 0 heterocycles. The summed E-state index contributed by atoms with van der Waals surface area (Å²) in [6.45, 7) is 6.07. The van der Waals surface area contributed by atoms with Gasteiger partial charge in [0.2, 0.25) is 10.0 Å². The highest BCUT2D eigenvalue weighted by Gasteiger charge is 2.31. The Morgan fingerprint density at radius 2 is 1.44 bits per heavy atom. The molecule has 0 aliphatic heterocycles. The molecule has 2 aromatic rings. The van der Waals surface area contributed by atoms with Crippen molar-refractivity contribution in [2.24, 2.45) is 0 Å². The molecule has 0 spiro atoms. The summed E-state index contributed by atoms with van der Waals surface area (Å²) in [5.74, 6) is -0.0723. The quantitative estimate of drug-likeness (QED) is 0.367. The molecule has 0 saturated carbocycles. The van der Waals surface area contributed by atoms with Gasteiger partial charge in [0.1, 0.15) is 0 Å². The minimum absolute atomic E-state index is 0.0422. The first-order valence-electron chi connectivity index (χ1n) is 10.2. The van der Waals surface area contributed by atoms with E-state index in [0.717, 1.165) is 0 Å². The minimum Gasteiger partial charge on any atom is -0.262 e. The van der Waals surface area contributed by atoms with Gasteiger partial charge in [-0.15, -0.1) is 0 Å². The van der Waals surface area contributed by atoms with Gasteiger partial charge < -0.3 is 0 Å². The maximum absolute atomic E-state index is 13.6. The molecule has 2 rings (SSSR count). The van der Waals surface area contributed by atoms with Crippen LogP contribution < -0.4 is 4.31 Å². The van der Waals surface area contributed by atoms with E-state index in [9.17, 15) is 16.8 Å². The van der Waals surface area contributed by atoms with E-state index < -0.39 is 26.1 Å². The highest BCUT2D eigenvalue weighted by Crippen LogP contribution is 2.35. The standard InChI is InChI=1S/C21H27Cl3N2O4S2/c1-4-25(5-2)31(27,28)14-6-7-16(3)26(21-15-18(23)10-13-20(21)24)32(29,30)19-11-8-17(22)9-12-19/h8-13,15-16H,4-7,14H2,1-3H3/t16-/m1/s1. The molecule has 1 atom stereocenters. The SMILES string of the molecule is CCN(CC)S(=O)(=O)CCC[C@@H](C)N(c1cc(Cl)ccc1Cl)S(=O)(=O)c1ccc(Cl)cc1. The topological polar surface area (TPSA) is 74.8 Å². The largest absolute Gasteiger partial charge is 0.264 e. The maximum Gasteiger partial charge on any atom is 0.264 e. The van der Waals surface area contributed by atoms with Crippen LogP contribution in [0.3, 0.4) is 0 Å². The highest BCUT2D eigenvalue weighted by atomic mass is 35.5. The van der Waals surface area contributed by atoms with Gasteiger partial charge in [-0.2, -0.15) is 0 Å². The van der Waals surface area contributed by atoms with Crippen LogP contribution in [0, 0.1) is 0 Å². The molecule has 11 heteroatoms. The second-order valence-electron chi connectivity index (χ2n) is 7.24. The summed E-state index contributed by atoms with van der Waals surface area (Å²) in [5.41, 5.74) is 0.230. The van der Waals surface area contributed by atoms with Crippen molar-refractivity contribution in [2.45, 2.75) is 44.6 Å². The lowest BCUT2D eigenvalue weighted by molar-refractivity contribution is 0.442. The van der Waals surface area contributed by atoms with Crippen LogP contribution in [-0.2, 0) is 20.0 Å². The number of rotatable bonds is 11. The summed E-state index contributed by atoms with van der Waals surface area (Å²) in [6.07, 6.45) is 0.584. The number of hydrogen-bond donors (Lipinski definition) is 0. The van der Waals surface area contributed by atoms with Crippen molar-refractivity contribution < 1.29 is 16.8 Å². The predicted octanol–water partition coefficient (Wildman–Crippen LogP) is 5.68.